The Labute approximate surface area is 127 Å². The Morgan fingerprint density at radius 2 is 1.62 bits per heavy atom. The average Bonchev–Trinajstić information content (AvgIpc) is 3.01. The van der Waals surface area contributed by atoms with Gasteiger partial charge in [0.2, 0.25) is 0 Å². The summed E-state index contributed by atoms with van der Waals surface area (Å²) in [5.41, 5.74) is 0.854. The largest absolute Gasteiger partial charge is 0.496 e. The van der Waals surface area contributed by atoms with Crippen molar-refractivity contribution in [1.82, 2.24) is 0 Å². The van der Waals surface area contributed by atoms with E-state index in [1.165, 1.54) is 11.3 Å². The maximum absolute atomic E-state index is 10.7. The molecule has 2 aromatic carbocycles. The standard InChI is InChI=1S/C17H16O3S/c1-19-14-8-7-13(11-5-3-4-6-12(11)14)16(18)17-15(20-2)9-10-21-17/h3-10,16,18H,1-2H3. The van der Waals surface area contributed by atoms with Gasteiger partial charge >= 0.3 is 0 Å². The van der Waals surface area contributed by atoms with Crippen LogP contribution in [0.3, 0.4) is 0 Å². The lowest BCUT2D eigenvalue weighted by molar-refractivity contribution is 0.220. The lowest BCUT2D eigenvalue weighted by Gasteiger charge is -2.15. The highest BCUT2D eigenvalue weighted by Gasteiger charge is 2.20. The normalized spacial score (nSPS) is 12.3. The van der Waals surface area contributed by atoms with Crippen molar-refractivity contribution in [3.8, 4) is 11.5 Å². The zero-order valence-corrected chi connectivity index (χ0v) is 12.7. The zero-order valence-electron chi connectivity index (χ0n) is 11.9. The summed E-state index contributed by atoms with van der Waals surface area (Å²) in [7, 11) is 3.27. The van der Waals surface area contributed by atoms with Gasteiger partial charge in [-0.15, -0.1) is 11.3 Å². The van der Waals surface area contributed by atoms with Crippen LogP contribution < -0.4 is 9.47 Å². The number of benzene rings is 2. The lowest BCUT2D eigenvalue weighted by Crippen LogP contribution is -2.01. The molecule has 21 heavy (non-hydrogen) atoms. The molecule has 0 spiro atoms. The van der Waals surface area contributed by atoms with Crippen LogP contribution in [0, 0.1) is 0 Å². The number of thiophene rings is 1. The molecular formula is C17H16O3S. The zero-order chi connectivity index (χ0) is 14.8. The number of hydrogen-bond acceptors (Lipinski definition) is 4. The van der Waals surface area contributed by atoms with Gasteiger partial charge < -0.3 is 14.6 Å². The second-order valence-corrected chi connectivity index (χ2v) is 5.61. The molecule has 4 heteroatoms. The van der Waals surface area contributed by atoms with Crippen molar-refractivity contribution in [3.63, 3.8) is 0 Å². The van der Waals surface area contributed by atoms with Crippen molar-refractivity contribution in [2.45, 2.75) is 6.10 Å². The maximum Gasteiger partial charge on any atom is 0.135 e. The fraction of sp³-hybridized carbons (Fsp3) is 0.176. The van der Waals surface area contributed by atoms with Crippen LogP contribution in [0.25, 0.3) is 10.8 Å². The molecule has 0 amide bonds. The highest BCUT2D eigenvalue weighted by atomic mass is 32.1. The molecule has 0 aliphatic carbocycles. The Hall–Kier alpha value is -2.04. The Kier molecular flexibility index (Phi) is 3.82. The van der Waals surface area contributed by atoms with Crippen molar-refractivity contribution in [2.24, 2.45) is 0 Å². The SMILES string of the molecule is COc1ccsc1C(O)c1ccc(OC)c2ccccc12. The van der Waals surface area contributed by atoms with Crippen LogP contribution in [0.15, 0.2) is 47.8 Å². The molecule has 0 bridgehead atoms. The third kappa shape index (κ3) is 2.37. The Bertz CT molecular complexity index is 764. The van der Waals surface area contributed by atoms with Gasteiger partial charge in [0, 0.05) is 5.39 Å². The predicted octanol–water partition coefficient (Wildman–Crippen LogP) is 4.00. The van der Waals surface area contributed by atoms with Gasteiger partial charge in [-0.2, -0.15) is 0 Å². The van der Waals surface area contributed by atoms with Crippen LogP contribution in [0.1, 0.15) is 16.5 Å². The van der Waals surface area contributed by atoms with Gasteiger partial charge in [0.1, 0.15) is 17.6 Å². The molecule has 108 valence electrons. The van der Waals surface area contributed by atoms with Gasteiger partial charge in [0.25, 0.3) is 0 Å². The first-order valence-electron chi connectivity index (χ1n) is 6.61. The molecular weight excluding hydrogens is 284 g/mol. The number of aliphatic hydroxyl groups is 1. The maximum atomic E-state index is 10.7. The highest BCUT2D eigenvalue weighted by Crippen LogP contribution is 2.39. The summed E-state index contributed by atoms with van der Waals surface area (Å²) >= 11 is 1.49. The van der Waals surface area contributed by atoms with Crippen LogP contribution in [0.5, 0.6) is 11.5 Å². The Morgan fingerprint density at radius 1 is 0.905 bits per heavy atom. The van der Waals surface area contributed by atoms with Crippen molar-refractivity contribution in [1.29, 1.82) is 0 Å². The molecule has 3 rings (SSSR count). The quantitative estimate of drug-likeness (QED) is 0.791. The molecule has 0 radical (unpaired) electrons. The van der Waals surface area contributed by atoms with Crippen molar-refractivity contribution in [3.05, 3.63) is 58.3 Å². The van der Waals surface area contributed by atoms with Gasteiger partial charge in [-0.25, -0.2) is 0 Å². The number of fused-ring (bicyclic) bond motifs is 1. The highest BCUT2D eigenvalue weighted by molar-refractivity contribution is 7.10. The van der Waals surface area contributed by atoms with Crippen LogP contribution in [-0.4, -0.2) is 19.3 Å². The molecule has 1 atom stereocenters. The predicted molar refractivity (Wildman–Crippen MR) is 85.4 cm³/mol. The van der Waals surface area contributed by atoms with Crippen LogP contribution >= 0.6 is 11.3 Å². The molecule has 3 aromatic rings. The van der Waals surface area contributed by atoms with Gasteiger partial charge in [0.05, 0.1) is 19.1 Å². The number of rotatable bonds is 4. The lowest BCUT2D eigenvalue weighted by atomic mass is 9.98. The van der Waals surface area contributed by atoms with Crippen LogP contribution in [0.2, 0.25) is 0 Å². The van der Waals surface area contributed by atoms with E-state index in [1.807, 2.05) is 47.8 Å². The minimum absolute atomic E-state index is 0.712. The summed E-state index contributed by atoms with van der Waals surface area (Å²) in [5.74, 6) is 1.52. The summed E-state index contributed by atoms with van der Waals surface area (Å²) in [4.78, 5) is 0.813. The first-order chi connectivity index (χ1) is 10.3. The summed E-state index contributed by atoms with van der Waals surface area (Å²) in [6, 6.07) is 13.6. The number of methoxy groups -OCH3 is 2. The number of aliphatic hydroxyl groups excluding tert-OH is 1. The molecule has 0 saturated heterocycles. The summed E-state index contributed by atoms with van der Waals surface area (Å²) < 4.78 is 10.7. The summed E-state index contributed by atoms with van der Waals surface area (Å²) in [5, 5.41) is 14.6. The van der Waals surface area contributed by atoms with Gasteiger partial charge in [-0.05, 0) is 28.5 Å². The van der Waals surface area contributed by atoms with Gasteiger partial charge in [-0.3, -0.25) is 0 Å². The van der Waals surface area contributed by atoms with E-state index in [0.29, 0.717) is 5.75 Å². The van der Waals surface area contributed by atoms with Gasteiger partial charge in [-0.1, -0.05) is 30.3 Å². The van der Waals surface area contributed by atoms with E-state index in [2.05, 4.69) is 0 Å². The van der Waals surface area contributed by atoms with E-state index in [4.69, 9.17) is 9.47 Å². The number of hydrogen-bond donors (Lipinski definition) is 1. The smallest absolute Gasteiger partial charge is 0.135 e. The van der Waals surface area contributed by atoms with E-state index in [9.17, 15) is 5.11 Å². The summed E-state index contributed by atoms with van der Waals surface area (Å²) in [6.07, 6.45) is -0.712. The molecule has 0 aliphatic heterocycles. The second kappa shape index (κ2) is 5.76. The Morgan fingerprint density at radius 3 is 2.33 bits per heavy atom. The van der Waals surface area contributed by atoms with Crippen LogP contribution in [-0.2, 0) is 0 Å². The minimum Gasteiger partial charge on any atom is -0.496 e. The average molecular weight is 300 g/mol. The monoisotopic (exact) mass is 300 g/mol. The molecule has 1 N–H and O–H groups in total. The number of ether oxygens (including phenoxy) is 2. The van der Waals surface area contributed by atoms with E-state index in [1.54, 1.807) is 14.2 Å². The first kappa shape index (κ1) is 13.9. The Balaban J connectivity index is 2.17. The van der Waals surface area contributed by atoms with Crippen LogP contribution in [0.4, 0.5) is 0 Å². The molecule has 0 saturated carbocycles. The minimum atomic E-state index is -0.712. The fourth-order valence-corrected chi connectivity index (χ4v) is 3.39. The molecule has 1 aromatic heterocycles. The van der Waals surface area contributed by atoms with Crippen molar-refractivity contribution >= 4 is 22.1 Å². The van der Waals surface area contributed by atoms with Gasteiger partial charge in [0.15, 0.2) is 0 Å². The molecule has 1 unspecified atom stereocenters. The molecule has 0 aliphatic rings. The fourth-order valence-electron chi connectivity index (χ4n) is 2.53. The molecule has 0 fully saturated rings. The van der Waals surface area contributed by atoms with Crippen molar-refractivity contribution < 1.29 is 14.6 Å². The topological polar surface area (TPSA) is 38.7 Å². The first-order valence-corrected chi connectivity index (χ1v) is 7.49. The van der Waals surface area contributed by atoms with E-state index < -0.39 is 6.10 Å². The van der Waals surface area contributed by atoms with E-state index >= 15 is 0 Å². The third-order valence-corrected chi connectivity index (χ3v) is 4.51. The van der Waals surface area contributed by atoms with E-state index in [-0.39, 0.29) is 0 Å². The van der Waals surface area contributed by atoms with Crippen molar-refractivity contribution in [2.75, 3.05) is 14.2 Å². The summed E-state index contributed by atoms with van der Waals surface area (Å²) in [6.45, 7) is 0. The van der Waals surface area contributed by atoms with E-state index in [0.717, 1.165) is 27.0 Å². The molecule has 3 nitrogen and oxygen atoms in total. The second-order valence-electron chi connectivity index (χ2n) is 4.66. The third-order valence-electron chi connectivity index (χ3n) is 3.56. The molecule has 1 heterocycles.